The molecule has 0 fully saturated rings. The van der Waals surface area contributed by atoms with Gasteiger partial charge in [0.15, 0.2) is 0 Å². The Kier molecular flexibility index (Phi) is 11.3. The summed E-state index contributed by atoms with van der Waals surface area (Å²) in [5.74, 6) is -3.10. The van der Waals surface area contributed by atoms with Crippen LogP contribution in [0.15, 0.2) is 29.2 Å². The first-order valence-electron chi connectivity index (χ1n) is 13.2. The van der Waals surface area contributed by atoms with Gasteiger partial charge < -0.3 is 20.5 Å². The van der Waals surface area contributed by atoms with Crippen molar-refractivity contribution in [2.75, 3.05) is 17.2 Å². The predicted octanol–water partition coefficient (Wildman–Crippen LogP) is 8.88. The largest absolute Gasteiger partial charge is 0.478 e. The number of aromatic carboxylic acids is 1. The highest BCUT2D eigenvalue weighted by Crippen LogP contribution is 2.42. The van der Waals surface area contributed by atoms with Crippen LogP contribution >= 0.6 is 69.5 Å². The summed E-state index contributed by atoms with van der Waals surface area (Å²) in [5, 5.41) is 13.8. The van der Waals surface area contributed by atoms with E-state index >= 15 is 0 Å². The summed E-state index contributed by atoms with van der Waals surface area (Å²) in [6, 6.07) is 6.63. The topological polar surface area (TPSA) is 122 Å². The molecule has 2 aromatic carbocycles. The smallest absolute Gasteiger partial charge is 0.341 e. The fourth-order valence-electron chi connectivity index (χ4n) is 4.61. The molecule has 2 amide bonds. The lowest BCUT2D eigenvalue weighted by Crippen LogP contribution is -2.23. The monoisotopic (exact) mass is 702 g/mol. The molecule has 1 atom stereocenters. The fraction of sp³-hybridized carbons (Fsp3) is 0.310. The zero-order valence-electron chi connectivity index (χ0n) is 22.9. The summed E-state index contributed by atoms with van der Waals surface area (Å²) in [7, 11) is 0. The number of fused-ring (bicyclic) bond motifs is 1. The standard InChI is InChI=1S/C29H26Cl4N2O6S2/c1-3-41-29(40)18-16-10-5-4-6-11-17(16)43-27(18)35-25(36)13(2)42-15-9-7-8-14(12-15)34-26(37)19-20(28(38)39)22(31)24(33)23(32)21(19)30/h7-9,12-13H,3-6,10-11H2,1-2H3,(H,34,37)(H,35,36)(H,38,39). The van der Waals surface area contributed by atoms with Gasteiger partial charge in [-0.2, -0.15) is 0 Å². The zero-order chi connectivity index (χ0) is 31.4. The van der Waals surface area contributed by atoms with Gasteiger partial charge in [0.1, 0.15) is 5.00 Å². The van der Waals surface area contributed by atoms with Gasteiger partial charge in [0.05, 0.1) is 48.6 Å². The molecular weight excluding hydrogens is 678 g/mol. The molecule has 3 aromatic rings. The Balaban J connectivity index is 1.51. The first kappa shape index (κ1) is 33.4. The van der Waals surface area contributed by atoms with Gasteiger partial charge in [-0.3, -0.25) is 9.59 Å². The number of aryl methyl sites for hydroxylation is 1. The molecule has 0 bridgehead atoms. The molecule has 0 saturated heterocycles. The van der Waals surface area contributed by atoms with E-state index in [-0.39, 0.29) is 27.6 Å². The van der Waals surface area contributed by atoms with Gasteiger partial charge in [0.25, 0.3) is 5.91 Å². The minimum absolute atomic E-state index is 0.234. The van der Waals surface area contributed by atoms with Crippen LogP contribution in [-0.4, -0.2) is 40.7 Å². The van der Waals surface area contributed by atoms with Gasteiger partial charge in [-0.1, -0.05) is 58.9 Å². The van der Waals surface area contributed by atoms with Crippen molar-refractivity contribution in [1.29, 1.82) is 0 Å². The lowest BCUT2D eigenvalue weighted by molar-refractivity contribution is -0.115. The number of hydrogen-bond acceptors (Lipinski definition) is 7. The number of carboxylic acids is 1. The van der Waals surface area contributed by atoms with Crippen LogP contribution in [0, 0.1) is 0 Å². The van der Waals surface area contributed by atoms with Crippen LogP contribution in [0.1, 0.15) is 74.6 Å². The average molecular weight is 704 g/mol. The first-order chi connectivity index (χ1) is 20.4. The van der Waals surface area contributed by atoms with Crippen molar-refractivity contribution in [3.8, 4) is 0 Å². The van der Waals surface area contributed by atoms with Crippen molar-refractivity contribution in [1.82, 2.24) is 0 Å². The van der Waals surface area contributed by atoms with E-state index < -0.39 is 39.2 Å². The molecule has 43 heavy (non-hydrogen) atoms. The normalized spacial score (nSPS) is 13.4. The van der Waals surface area contributed by atoms with Crippen LogP contribution in [0.4, 0.5) is 10.7 Å². The molecule has 0 spiro atoms. The molecule has 228 valence electrons. The highest BCUT2D eigenvalue weighted by molar-refractivity contribution is 8.00. The molecule has 3 N–H and O–H groups in total. The number of anilines is 2. The van der Waals surface area contributed by atoms with Gasteiger partial charge in [-0.05, 0) is 63.3 Å². The Labute approximate surface area is 276 Å². The molecular formula is C29H26Cl4N2O6S2. The molecule has 0 radical (unpaired) electrons. The van der Waals surface area contributed by atoms with E-state index in [9.17, 15) is 24.3 Å². The van der Waals surface area contributed by atoms with Crippen molar-refractivity contribution in [2.45, 2.75) is 56.1 Å². The second-order valence-corrected chi connectivity index (χ2v) is 13.6. The minimum Gasteiger partial charge on any atom is -0.478 e. The summed E-state index contributed by atoms with van der Waals surface area (Å²) >= 11 is 27.0. The molecule has 4 rings (SSSR count). The highest BCUT2D eigenvalue weighted by atomic mass is 35.5. The average Bonchev–Trinajstić information content (AvgIpc) is 3.13. The Hall–Kier alpha value is -2.47. The third kappa shape index (κ3) is 7.44. The Morgan fingerprint density at radius 3 is 2.30 bits per heavy atom. The van der Waals surface area contributed by atoms with E-state index in [1.54, 1.807) is 38.1 Å². The number of hydrogen-bond donors (Lipinski definition) is 3. The maximum absolute atomic E-state index is 13.3. The number of benzene rings is 2. The molecule has 1 aromatic heterocycles. The molecule has 1 heterocycles. The van der Waals surface area contributed by atoms with E-state index in [1.807, 2.05) is 0 Å². The van der Waals surface area contributed by atoms with Crippen LogP contribution in [0.25, 0.3) is 0 Å². The molecule has 1 aliphatic carbocycles. The number of thioether (sulfide) groups is 1. The summed E-state index contributed by atoms with van der Waals surface area (Å²) in [6.45, 7) is 3.71. The van der Waals surface area contributed by atoms with Crippen molar-refractivity contribution < 1.29 is 29.0 Å². The first-order valence-corrected chi connectivity index (χ1v) is 16.4. The van der Waals surface area contributed by atoms with Crippen LogP contribution in [0.3, 0.4) is 0 Å². The van der Waals surface area contributed by atoms with Gasteiger partial charge in [-0.25, -0.2) is 9.59 Å². The Bertz CT molecular complexity index is 1610. The maximum atomic E-state index is 13.3. The fourth-order valence-corrected chi connectivity index (χ4v) is 7.83. The quantitative estimate of drug-likeness (QED) is 0.0669. The van der Waals surface area contributed by atoms with Gasteiger partial charge in [-0.15, -0.1) is 23.1 Å². The summed E-state index contributed by atoms with van der Waals surface area (Å²) < 4.78 is 5.31. The number of ether oxygens (including phenoxy) is 1. The molecule has 1 unspecified atom stereocenters. The lowest BCUT2D eigenvalue weighted by Gasteiger charge is -2.15. The van der Waals surface area contributed by atoms with Gasteiger partial charge in [0, 0.05) is 15.5 Å². The van der Waals surface area contributed by atoms with Crippen LogP contribution in [-0.2, 0) is 22.4 Å². The molecule has 14 heteroatoms. The molecule has 1 aliphatic rings. The number of esters is 1. The molecule has 0 saturated carbocycles. The lowest BCUT2D eigenvalue weighted by atomic mass is 10.1. The van der Waals surface area contributed by atoms with Crippen LogP contribution in [0.5, 0.6) is 0 Å². The molecule has 8 nitrogen and oxygen atoms in total. The number of thiophene rings is 1. The minimum atomic E-state index is -1.51. The van der Waals surface area contributed by atoms with Gasteiger partial charge in [0.2, 0.25) is 5.91 Å². The zero-order valence-corrected chi connectivity index (χ0v) is 27.6. The second kappa shape index (κ2) is 14.5. The van der Waals surface area contributed by atoms with E-state index in [1.165, 1.54) is 23.1 Å². The maximum Gasteiger partial charge on any atom is 0.341 e. The number of carboxylic acid groups (broad SMARTS) is 1. The summed E-state index contributed by atoms with van der Waals surface area (Å²) in [4.78, 5) is 52.8. The van der Waals surface area contributed by atoms with Crippen molar-refractivity contribution in [2.24, 2.45) is 0 Å². The number of halogens is 4. The third-order valence-electron chi connectivity index (χ3n) is 6.62. The van der Waals surface area contributed by atoms with Crippen molar-refractivity contribution in [3.63, 3.8) is 0 Å². The number of rotatable bonds is 9. The number of carbonyl (C=O) groups is 4. The van der Waals surface area contributed by atoms with E-state index in [0.29, 0.717) is 21.1 Å². The number of amides is 2. The predicted molar refractivity (Wildman–Crippen MR) is 173 cm³/mol. The number of nitrogens with one attached hydrogen (secondary N) is 2. The van der Waals surface area contributed by atoms with Crippen LogP contribution in [0.2, 0.25) is 20.1 Å². The molecule has 0 aliphatic heterocycles. The Morgan fingerprint density at radius 2 is 1.63 bits per heavy atom. The van der Waals surface area contributed by atoms with E-state index in [2.05, 4.69) is 10.6 Å². The summed E-state index contributed by atoms with van der Waals surface area (Å²) in [5.41, 5.74) is 0.701. The summed E-state index contributed by atoms with van der Waals surface area (Å²) in [6.07, 6.45) is 4.73. The Morgan fingerprint density at radius 1 is 0.953 bits per heavy atom. The number of carbonyl (C=O) groups excluding carboxylic acids is 3. The van der Waals surface area contributed by atoms with Crippen molar-refractivity contribution in [3.05, 3.63) is 71.5 Å². The van der Waals surface area contributed by atoms with Crippen LogP contribution < -0.4 is 10.6 Å². The highest BCUT2D eigenvalue weighted by Gasteiger charge is 2.30. The second-order valence-electron chi connectivity index (χ2n) is 9.53. The van der Waals surface area contributed by atoms with Crippen molar-refractivity contribution >= 4 is 104 Å². The van der Waals surface area contributed by atoms with Gasteiger partial charge >= 0.3 is 11.9 Å². The van der Waals surface area contributed by atoms with E-state index in [0.717, 1.165) is 42.5 Å². The third-order valence-corrected chi connectivity index (χ3v) is 10.7. The SMILES string of the molecule is CCOC(=O)c1c(NC(=O)C(C)Sc2cccc(NC(=O)c3c(Cl)c(Cl)c(Cl)c(Cl)c3C(=O)O)c2)sc2c1CCCCC2. The van der Waals surface area contributed by atoms with E-state index in [4.69, 9.17) is 51.1 Å².